The van der Waals surface area contributed by atoms with Crippen molar-refractivity contribution in [1.82, 2.24) is 0 Å². The number of anilines is 1. The van der Waals surface area contributed by atoms with Crippen LogP contribution >= 0.6 is 34.2 Å². The van der Waals surface area contributed by atoms with Crippen molar-refractivity contribution in [3.05, 3.63) is 50.6 Å². The Hall–Kier alpha value is -1.14. The molecule has 100 valence electrons. The van der Waals surface area contributed by atoms with Crippen molar-refractivity contribution in [3.63, 3.8) is 0 Å². The number of phenols is 1. The summed E-state index contributed by atoms with van der Waals surface area (Å²) in [6.07, 6.45) is 0. The van der Waals surface area contributed by atoms with Gasteiger partial charge in [-0.15, -0.1) is 0 Å². The molecule has 0 atom stereocenters. The van der Waals surface area contributed by atoms with Gasteiger partial charge >= 0.3 is 0 Å². The van der Waals surface area contributed by atoms with Crippen molar-refractivity contribution in [3.8, 4) is 11.5 Å². The Morgan fingerprint density at radius 1 is 1.32 bits per heavy atom. The van der Waals surface area contributed by atoms with Crippen LogP contribution in [0.3, 0.4) is 0 Å². The lowest BCUT2D eigenvalue weighted by Gasteiger charge is -2.11. The summed E-state index contributed by atoms with van der Waals surface area (Å²) in [5.74, 6) is 0.618. The summed E-state index contributed by atoms with van der Waals surface area (Å²) in [4.78, 5) is 0. The Morgan fingerprint density at radius 3 is 2.79 bits per heavy atom. The van der Waals surface area contributed by atoms with Gasteiger partial charge in [-0.05, 0) is 46.9 Å². The van der Waals surface area contributed by atoms with Crippen molar-refractivity contribution >= 4 is 39.9 Å². The van der Waals surface area contributed by atoms with E-state index in [9.17, 15) is 5.11 Å². The Labute approximate surface area is 130 Å². The van der Waals surface area contributed by atoms with Crippen molar-refractivity contribution in [2.75, 3.05) is 12.4 Å². The minimum Gasteiger partial charge on any atom is -0.504 e. The summed E-state index contributed by atoms with van der Waals surface area (Å²) in [7, 11) is 1.53. The first-order chi connectivity index (χ1) is 9.11. The van der Waals surface area contributed by atoms with E-state index in [1.54, 1.807) is 6.07 Å². The minimum atomic E-state index is 0.152. The highest BCUT2D eigenvalue weighted by molar-refractivity contribution is 14.1. The molecular formula is C14H13ClINO2. The molecule has 0 aliphatic carbocycles. The molecule has 2 N–H and O–H groups in total. The standard InChI is InChI=1S/C14H13ClINO2/c1-19-13-4-2-3-9(14(13)18)8-17-12-6-5-10(16)7-11(12)15/h2-7,17-18H,8H2,1H3. The number of rotatable bonds is 4. The number of hydrogen-bond donors (Lipinski definition) is 2. The van der Waals surface area contributed by atoms with Gasteiger partial charge in [0.1, 0.15) is 0 Å². The van der Waals surface area contributed by atoms with E-state index in [2.05, 4.69) is 27.9 Å². The average Bonchev–Trinajstić information content (AvgIpc) is 2.39. The number of para-hydroxylation sites is 1. The smallest absolute Gasteiger partial charge is 0.162 e. The van der Waals surface area contributed by atoms with Crippen LogP contribution in [0.5, 0.6) is 11.5 Å². The molecule has 0 aliphatic heterocycles. The van der Waals surface area contributed by atoms with Crippen LogP contribution in [-0.2, 0) is 6.54 Å². The average molecular weight is 390 g/mol. The van der Waals surface area contributed by atoms with Crippen LogP contribution in [0.2, 0.25) is 5.02 Å². The van der Waals surface area contributed by atoms with Gasteiger partial charge in [-0.2, -0.15) is 0 Å². The predicted molar refractivity (Wildman–Crippen MR) is 86.2 cm³/mol. The van der Waals surface area contributed by atoms with Gasteiger partial charge in [0.15, 0.2) is 11.5 Å². The molecule has 3 nitrogen and oxygen atoms in total. The fourth-order valence-corrected chi connectivity index (χ4v) is 2.62. The summed E-state index contributed by atoms with van der Waals surface area (Å²) in [6, 6.07) is 11.2. The topological polar surface area (TPSA) is 41.5 Å². The van der Waals surface area contributed by atoms with Crippen LogP contribution in [-0.4, -0.2) is 12.2 Å². The first kappa shape index (κ1) is 14.3. The highest BCUT2D eigenvalue weighted by atomic mass is 127. The number of phenolic OH excluding ortho intramolecular Hbond substituents is 1. The van der Waals surface area contributed by atoms with Crippen molar-refractivity contribution < 1.29 is 9.84 Å². The third-order valence-electron chi connectivity index (χ3n) is 2.70. The van der Waals surface area contributed by atoms with E-state index in [1.165, 1.54) is 7.11 Å². The van der Waals surface area contributed by atoms with E-state index in [1.807, 2.05) is 30.3 Å². The maximum atomic E-state index is 9.98. The largest absolute Gasteiger partial charge is 0.504 e. The van der Waals surface area contributed by atoms with Gasteiger partial charge in [0.2, 0.25) is 0 Å². The third-order valence-corrected chi connectivity index (χ3v) is 3.69. The molecule has 0 spiro atoms. The summed E-state index contributed by atoms with van der Waals surface area (Å²) < 4.78 is 6.15. The molecule has 2 aromatic carbocycles. The van der Waals surface area contributed by atoms with Crippen LogP contribution < -0.4 is 10.1 Å². The number of ether oxygens (including phenoxy) is 1. The normalized spacial score (nSPS) is 10.3. The van der Waals surface area contributed by atoms with Crippen LogP contribution in [0, 0.1) is 3.57 Å². The molecular weight excluding hydrogens is 377 g/mol. The van der Waals surface area contributed by atoms with Gasteiger partial charge in [0.05, 0.1) is 17.8 Å². The first-order valence-corrected chi connectivity index (χ1v) is 7.11. The second-order valence-corrected chi connectivity index (χ2v) is 5.60. The lowest BCUT2D eigenvalue weighted by atomic mass is 10.2. The van der Waals surface area contributed by atoms with E-state index in [-0.39, 0.29) is 5.75 Å². The van der Waals surface area contributed by atoms with Crippen molar-refractivity contribution in [1.29, 1.82) is 0 Å². The molecule has 0 aromatic heterocycles. The zero-order valence-corrected chi connectivity index (χ0v) is 13.2. The molecule has 0 aliphatic rings. The fourth-order valence-electron chi connectivity index (χ4n) is 1.70. The number of benzene rings is 2. The van der Waals surface area contributed by atoms with E-state index in [4.69, 9.17) is 16.3 Å². The number of hydrogen-bond acceptors (Lipinski definition) is 3. The molecule has 0 bridgehead atoms. The molecule has 19 heavy (non-hydrogen) atoms. The Morgan fingerprint density at radius 2 is 2.11 bits per heavy atom. The monoisotopic (exact) mass is 389 g/mol. The molecule has 2 aromatic rings. The second-order valence-electron chi connectivity index (χ2n) is 3.95. The highest BCUT2D eigenvalue weighted by Crippen LogP contribution is 2.31. The summed E-state index contributed by atoms with van der Waals surface area (Å²) >= 11 is 8.35. The molecule has 2 rings (SSSR count). The molecule has 0 saturated carbocycles. The summed E-state index contributed by atoms with van der Waals surface area (Å²) in [5.41, 5.74) is 1.60. The Balaban J connectivity index is 2.14. The van der Waals surface area contributed by atoms with Gasteiger partial charge in [0.25, 0.3) is 0 Å². The molecule has 0 heterocycles. The quantitative estimate of drug-likeness (QED) is 0.767. The number of aromatic hydroxyl groups is 1. The zero-order chi connectivity index (χ0) is 13.8. The SMILES string of the molecule is COc1cccc(CNc2ccc(I)cc2Cl)c1O. The predicted octanol–water partition coefficient (Wildman–Crippen LogP) is 4.27. The van der Waals surface area contributed by atoms with Gasteiger partial charge in [0, 0.05) is 15.7 Å². The van der Waals surface area contributed by atoms with E-state index >= 15 is 0 Å². The fraction of sp³-hybridized carbons (Fsp3) is 0.143. The molecule has 0 radical (unpaired) electrons. The number of methoxy groups -OCH3 is 1. The summed E-state index contributed by atoms with van der Waals surface area (Å²) in [5, 5.41) is 13.8. The van der Waals surface area contributed by atoms with Crippen LogP contribution in [0.1, 0.15) is 5.56 Å². The minimum absolute atomic E-state index is 0.152. The van der Waals surface area contributed by atoms with Gasteiger partial charge in [-0.1, -0.05) is 23.7 Å². The van der Waals surface area contributed by atoms with E-state index in [0.717, 1.165) is 14.8 Å². The second kappa shape index (κ2) is 6.34. The van der Waals surface area contributed by atoms with Crippen LogP contribution in [0.25, 0.3) is 0 Å². The molecule has 0 fully saturated rings. The van der Waals surface area contributed by atoms with Gasteiger partial charge in [-0.3, -0.25) is 0 Å². The van der Waals surface area contributed by atoms with Crippen molar-refractivity contribution in [2.24, 2.45) is 0 Å². The Kier molecular flexibility index (Phi) is 4.76. The molecule has 0 amide bonds. The maximum Gasteiger partial charge on any atom is 0.162 e. The molecule has 0 unspecified atom stereocenters. The highest BCUT2D eigenvalue weighted by Gasteiger charge is 2.07. The number of nitrogens with one attached hydrogen (secondary N) is 1. The van der Waals surface area contributed by atoms with Crippen molar-refractivity contribution in [2.45, 2.75) is 6.54 Å². The zero-order valence-electron chi connectivity index (χ0n) is 10.3. The lowest BCUT2D eigenvalue weighted by molar-refractivity contribution is 0.371. The third kappa shape index (κ3) is 3.45. The molecule has 0 saturated heterocycles. The van der Waals surface area contributed by atoms with Crippen LogP contribution in [0.15, 0.2) is 36.4 Å². The molecule has 5 heteroatoms. The summed E-state index contributed by atoms with van der Waals surface area (Å²) in [6.45, 7) is 0.476. The van der Waals surface area contributed by atoms with E-state index < -0.39 is 0 Å². The van der Waals surface area contributed by atoms with Gasteiger partial charge in [-0.25, -0.2) is 0 Å². The maximum absolute atomic E-state index is 9.98. The number of halogens is 2. The first-order valence-electron chi connectivity index (χ1n) is 5.65. The van der Waals surface area contributed by atoms with Gasteiger partial charge < -0.3 is 15.2 Å². The van der Waals surface area contributed by atoms with E-state index in [0.29, 0.717) is 17.3 Å². The Bertz CT molecular complexity index is 590. The van der Waals surface area contributed by atoms with Crippen LogP contribution in [0.4, 0.5) is 5.69 Å². The lowest BCUT2D eigenvalue weighted by Crippen LogP contribution is -2.01.